The Morgan fingerprint density at radius 3 is 2.70 bits per heavy atom. The van der Waals surface area contributed by atoms with Crippen molar-refractivity contribution in [2.24, 2.45) is 0 Å². The molecule has 1 saturated heterocycles. The van der Waals surface area contributed by atoms with Gasteiger partial charge in [-0.05, 0) is 24.1 Å². The molecule has 0 radical (unpaired) electrons. The van der Waals surface area contributed by atoms with E-state index in [1.54, 1.807) is 0 Å². The first-order chi connectivity index (χ1) is 9.69. The van der Waals surface area contributed by atoms with E-state index in [0.29, 0.717) is 13.1 Å². The Morgan fingerprint density at radius 2 is 2.05 bits per heavy atom. The van der Waals surface area contributed by atoms with Crippen LogP contribution in [0.2, 0.25) is 0 Å². The number of piperazine rings is 1. The Balaban J connectivity index is 1.86. The highest BCUT2D eigenvalue weighted by atomic mass is 16.5. The van der Waals surface area contributed by atoms with Crippen LogP contribution in [0, 0.1) is 0 Å². The first-order valence-corrected chi connectivity index (χ1v) is 7.11. The summed E-state index contributed by atoms with van der Waals surface area (Å²) in [6.07, 6.45) is 0.182. The summed E-state index contributed by atoms with van der Waals surface area (Å²) in [6.45, 7) is 6.41. The minimum atomic E-state index is -0.820. The molecule has 5 heteroatoms. The average molecular weight is 278 g/mol. The number of benzene rings is 1. The largest absolute Gasteiger partial charge is 0.494 e. The van der Waals surface area contributed by atoms with Gasteiger partial charge in [-0.3, -0.25) is 4.90 Å². The quantitative estimate of drug-likeness (QED) is 0.897. The topological polar surface area (TPSA) is 53.0 Å². The maximum atomic E-state index is 10.9. The van der Waals surface area contributed by atoms with Crippen LogP contribution in [-0.2, 0) is 6.54 Å². The van der Waals surface area contributed by atoms with Gasteiger partial charge in [0.15, 0.2) is 0 Å². The van der Waals surface area contributed by atoms with Crippen LogP contribution in [0.4, 0.5) is 4.79 Å². The highest BCUT2D eigenvalue weighted by molar-refractivity contribution is 5.65. The van der Waals surface area contributed by atoms with Crippen molar-refractivity contribution in [2.45, 2.75) is 19.9 Å². The number of ether oxygens (including phenoxy) is 1. The molecule has 1 aromatic rings. The summed E-state index contributed by atoms with van der Waals surface area (Å²) in [5.74, 6) is 0.911. The lowest BCUT2D eigenvalue weighted by Gasteiger charge is -2.33. The third kappa shape index (κ3) is 4.13. The summed E-state index contributed by atoms with van der Waals surface area (Å²) in [4.78, 5) is 14.6. The summed E-state index contributed by atoms with van der Waals surface area (Å²) in [5.41, 5.74) is 1.21. The van der Waals surface area contributed by atoms with E-state index in [1.807, 2.05) is 12.1 Å². The normalized spacial score (nSPS) is 16.1. The van der Waals surface area contributed by atoms with E-state index in [-0.39, 0.29) is 0 Å². The van der Waals surface area contributed by atoms with Crippen LogP contribution in [0.3, 0.4) is 0 Å². The van der Waals surface area contributed by atoms with Gasteiger partial charge in [0.2, 0.25) is 0 Å². The van der Waals surface area contributed by atoms with Crippen molar-refractivity contribution >= 4 is 6.09 Å². The number of amides is 1. The molecular formula is C15H22N2O3. The van der Waals surface area contributed by atoms with Crippen molar-refractivity contribution in [2.75, 3.05) is 32.8 Å². The first-order valence-electron chi connectivity index (χ1n) is 7.11. The third-order valence-corrected chi connectivity index (χ3v) is 3.42. The molecule has 1 aliphatic rings. The SMILES string of the molecule is CCCOc1cccc(CN2CCN(C(=O)O)CC2)c1. The Hall–Kier alpha value is -1.75. The molecule has 0 atom stereocenters. The fourth-order valence-electron chi connectivity index (χ4n) is 2.31. The lowest BCUT2D eigenvalue weighted by Crippen LogP contribution is -2.47. The van der Waals surface area contributed by atoms with Crippen LogP contribution in [0.1, 0.15) is 18.9 Å². The van der Waals surface area contributed by atoms with Gasteiger partial charge in [0.25, 0.3) is 0 Å². The van der Waals surface area contributed by atoms with E-state index < -0.39 is 6.09 Å². The van der Waals surface area contributed by atoms with Crippen molar-refractivity contribution in [3.05, 3.63) is 29.8 Å². The van der Waals surface area contributed by atoms with Crippen LogP contribution in [0.25, 0.3) is 0 Å². The monoisotopic (exact) mass is 278 g/mol. The maximum Gasteiger partial charge on any atom is 0.407 e. The summed E-state index contributed by atoms with van der Waals surface area (Å²) < 4.78 is 5.63. The van der Waals surface area contributed by atoms with E-state index >= 15 is 0 Å². The molecule has 1 aliphatic heterocycles. The van der Waals surface area contributed by atoms with Crippen molar-refractivity contribution in [3.63, 3.8) is 0 Å². The molecule has 2 rings (SSSR count). The highest BCUT2D eigenvalue weighted by Crippen LogP contribution is 2.16. The Labute approximate surface area is 119 Å². The smallest absolute Gasteiger partial charge is 0.407 e. The van der Waals surface area contributed by atoms with Crippen LogP contribution in [0.15, 0.2) is 24.3 Å². The second-order valence-electron chi connectivity index (χ2n) is 5.04. The van der Waals surface area contributed by atoms with Crippen molar-refractivity contribution in [3.8, 4) is 5.75 Å². The zero-order valence-electron chi connectivity index (χ0n) is 11.9. The number of hydrogen-bond donors (Lipinski definition) is 1. The number of carboxylic acid groups (broad SMARTS) is 1. The number of hydrogen-bond acceptors (Lipinski definition) is 3. The van der Waals surface area contributed by atoms with Gasteiger partial charge in [-0.15, -0.1) is 0 Å². The van der Waals surface area contributed by atoms with Gasteiger partial charge in [-0.2, -0.15) is 0 Å². The second kappa shape index (κ2) is 7.14. The van der Waals surface area contributed by atoms with Crippen LogP contribution in [-0.4, -0.2) is 53.8 Å². The average Bonchev–Trinajstić information content (AvgIpc) is 2.46. The van der Waals surface area contributed by atoms with Gasteiger partial charge in [0.1, 0.15) is 5.75 Å². The molecule has 110 valence electrons. The number of nitrogens with zero attached hydrogens (tertiary/aromatic N) is 2. The molecule has 0 spiro atoms. The molecule has 1 fully saturated rings. The molecular weight excluding hydrogens is 256 g/mol. The lowest BCUT2D eigenvalue weighted by molar-refractivity contribution is 0.103. The molecule has 1 amide bonds. The number of carbonyl (C=O) groups is 1. The zero-order valence-corrected chi connectivity index (χ0v) is 11.9. The van der Waals surface area contributed by atoms with Gasteiger partial charge in [0, 0.05) is 32.7 Å². The third-order valence-electron chi connectivity index (χ3n) is 3.42. The molecule has 5 nitrogen and oxygen atoms in total. The Kier molecular flexibility index (Phi) is 5.24. The Bertz CT molecular complexity index is 442. The van der Waals surface area contributed by atoms with E-state index in [9.17, 15) is 4.79 Å². The van der Waals surface area contributed by atoms with E-state index in [2.05, 4.69) is 24.0 Å². The zero-order chi connectivity index (χ0) is 14.4. The van der Waals surface area contributed by atoms with Gasteiger partial charge in [-0.25, -0.2) is 4.79 Å². The minimum absolute atomic E-state index is 0.585. The number of rotatable bonds is 5. The molecule has 1 N–H and O–H groups in total. The second-order valence-corrected chi connectivity index (χ2v) is 5.04. The van der Waals surface area contributed by atoms with Crippen molar-refractivity contribution in [1.82, 2.24) is 9.80 Å². The predicted octanol–water partition coefficient (Wildman–Crippen LogP) is 2.27. The highest BCUT2D eigenvalue weighted by Gasteiger charge is 2.20. The fourth-order valence-corrected chi connectivity index (χ4v) is 2.31. The molecule has 20 heavy (non-hydrogen) atoms. The lowest BCUT2D eigenvalue weighted by atomic mass is 10.2. The summed E-state index contributed by atoms with van der Waals surface area (Å²) in [7, 11) is 0. The molecule has 1 heterocycles. The van der Waals surface area contributed by atoms with Gasteiger partial charge >= 0.3 is 6.09 Å². The van der Waals surface area contributed by atoms with Crippen LogP contribution in [0.5, 0.6) is 5.75 Å². The van der Waals surface area contributed by atoms with Crippen LogP contribution >= 0.6 is 0 Å². The van der Waals surface area contributed by atoms with Gasteiger partial charge < -0.3 is 14.7 Å². The summed E-state index contributed by atoms with van der Waals surface area (Å²) in [6, 6.07) is 8.14. The summed E-state index contributed by atoms with van der Waals surface area (Å²) in [5, 5.41) is 8.92. The molecule has 0 saturated carbocycles. The molecule has 0 aliphatic carbocycles. The van der Waals surface area contributed by atoms with E-state index in [1.165, 1.54) is 10.5 Å². The fraction of sp³-hybridized carbons (Fsp3) is 0.533. The molecule has 0 bridgehead atoms. The maximum absolute atomic E-state index is 10.9. The predicted molar refractivity (Wildman–Crippen MR) is 77.1 cm³/mol. The Morgan fingerprint density at radius 1 is 1.30 bits per heavy atom. The molecule has 0 unspecified atom stereocenters. The standard InChI is InChI=1S/C15H22N2O3/c1-2-10-20-14-5-3-4-13(11-14)12-16-6-8-17(9-7-16)15(18)19/h3-5,11H,2,6-10,12H2,1H3,(H,18,19). The molecule has 1 aromatic carbocycles. The van der Waals surface area contributed by atoms with Gasteiger partial charge in [-0.1, -0.05) is 19.1 Å². The molecule has 0 aromatic heterocycles. The van der Waals surface area contributed by atoms with E-state index in [0.717, 1.165) is 38.4 Å². The summed E-state index contributed by atoms with van der Waals surface area (Å²) >= 11 is 0. The van der Waals surface area contributed by atoms with Crippen LogP contribution < -0.4 is 4.74 Å². The van der Waals surface area contributed by atoms with Crippen molar-refractivity contribution < 1.29 is 14.6 Å². The van der Waals surface area contributed by atoms with Gasteiger partial charge in [0.05, 0.1) is 6.61 Å². The van der Waals surface area contributed by atoms with E-state index in [4.69, 9.17) is 9.84 Å². The minimum Gasteiger partial charge on any atom is -0.494 e. The first kappa shape index (κ1) is 14.7. The van der Waals surface area contributed by atoms with Crippen molar-refractivity contribution in [1.29, 1.82) is 0 Å².